The van der Waals surface area contributed by atoms with Crippen molar-refractivity contribution in [2.45, 2.75) is 59.8 Å². The molecule has 0 aliphatic carbocycles. The van der Waals surface area contributed by atoms with Crippen LogP contribution in [0, 0.1) is 13.8 Å². The van der Waals surface area contributed by atoms with Gasteiger partial charge in [0.05, 0.1) is 0 Å². The molecule has 0 saturated heterocycles. The summed E-state index contributed by atoms with van der Waals surface area (Å²) in [4.78, 5) is 0. The molecule has 136 valence electrons. The molecule has 0 aliphatic heterocycles. The molecule has 0 bridgehead atoms. The second-order valence-electron chi connectivity index (χ2n) is 6.77. The van der Waals surface area contributed by atoms with E-state index in [2.05, 4.69) is 71.7 Å². The van der Waals surface area contributed by atoms with Crippen molar-refractivity contribution in [3.8, 4) is 0 Å². The van der Waals surface area contributed by atoms with E-state index in [0.29, 0.717) is 0 Å². The number of nitrogen functional groups attached to an aromatic ring is 2. The first kappa shape index (κ1) is 20.3. The van der Waals surface area contributed by atoms with Gasteiger partial charge in [-0.05, 0) is 91.9 Å². The van der Waals surface area contributed by atoms with Crippen LogP contribution in [0.25, 0.3) is 0 Å². The smallest absolute Gasteiger partial charge is 0.0497 e. The molecule has 0 fully saturated rings. The van der Waals surface area contributed by atoms with Crippen molar-refractivity contribution in [3.05, 3.63) is 54.5 Å². The Labute approximate surface area is 168 Å². The predicted molar refractivity (Wildman–Crippen MR) is 117 cm³/mol. The summed E-state index contributed by atoms with van der Waals surface area (Å²) < 4.78 is 2.04. The summed E-state index contributed by atoms with van der Waals surface area (Å²) in [5.74, 6) is 0. The fourth-order valence-corrected chi connectivity index (χ4v) is 4.33. The number of halogens is 2. The lowest BCUT2D eigenvalue weighted by molar-refractivity contribution is 0.903. The minimum atomic E-state index is 0.753. The maximum atomic E-state index is 6.41. The van der Waals surface area contributed by atoms with Gasteiger partial charge in [0.25, 0.3) is 0 Å². The lowest BCUT2D eigenvalue weighted by Crippen LogP contribution is -2.06. The highest BCUT2D eigenvalue weighted by atomic mass is 79.9. The molecule has 0 unspecified atom stereocenters. The minimum absolute atomic E-state index is 0.753. The Kier molecular flexibility index (Phi) is 6.98. The van der Waals surface area contributed by atoms with Crippen LogP contribution in [-0.4, -0.2) is 0 Å². The molecule has 25 heavy (non-hydrogen) atoms. The Morgan fingerprint density at radius 1 is 0.720 bits per heavy atom. The van der Waals surface area contributed by atoms with Crippen LogP contribution >= 0.6 is 31.9 Å². The average molecular weight is 468 g/mol. The standard InChI is InChI=1S/C21H28Br2N2/c1-5-7-14-9-16(20(24)18(22)12(14)3)11-17-10-15(8-6-2)13(4)19(23)21(17)25/h9-10H,5-8,11,24-25H2,1-4H3. The van der Waals surface area contributed by atoms with Gasteiger partial charge in [-0.25, -0.2) is 0 Å². The third-order valence-electron chi connectivity index (χ3n) is 4.90. The summed E-state index contributed by atoms with van der Waals surface area (Å²) in [6.07, 6.45) is 5.12. The zero-order chi connectivity index (χ0) is 18.7. The summed E-state index contributed by atoms with van der Waals surface area (Å²) in [6, 6.07) is 4.51. The molecule has 2 rings (SSSR count). The largest absolute Gasteiger partial charge is 0.398 e. The molecule has 4 N–H and O–H groups in total. The molecular formula is C21H28Br2N2. The van der Waals surface area contributed by atoms with Gasteiger partial charge in [-0.1, -0.05) is 38.8 Å². The number of nitrogens with two attached hydrogens (primary N) is 2. The molecular weight excluding hydrogens is 440 g/mol. The lowest BCUT2D eigenvalue weighted by atomic mass is 9.92. The summed E-state index contributed by atoms with van der Waals surface area (Å²) in [5, 5.41) is 0. The van der Waals surface area contributed by atoms with Crippen LogP contribution in [0.3, 0.4) is 0 Å². The Morgan fingerprint density at radius 2 is 1.08 bits per heavy atom. The number of anilines is 2. The van der Waals surface area contributed by atoms with Gasteiger partial charge in [-0.15, -0.1) is 0 Å². The van der Waals surface area contributed by atoms with Crippen molar-refractivity contribution in [2.24, 2.45) is 0 Å². The number of rotatable bonds is 6. The second-order valence-corrected chi connectivity index (χ2v) is 8.36. The number of aryl methyl sites for hydroxylation is 2. The number of hydrogen-bond acceptors (Lipinski definition) is 2. The summed E-state index contributed by atoms with van der Waals surface area (Å²) in [6.45, 7) is 8.67. The first-order valence-electron chi connectivity index (χ1n) is 8.94. The normalized spacial score (nSPS) is 11.1. The van der Waals surface area contributed by atoms with Crippen LogP contribution in [0.15, 0.2) is 21.1 Å². The molecule has 4 heteroatoms. The third-order valence-corrected chi connectivity index (χ3v) is 6.95. The Morgan fingerprint density at radius 3 is 1.40 bits per heavy atom. The Hall–Kier alpha value is -1.00. The molecule has 0 radical (unpaired) electrons. The quantitative estimate of drug-likeness (QED) is 0.477. The van der Waals surface area contributed by atoms with Crippen LogP contribution in [0.1, 0.15) is 60.1 Å². The topological polar surface area (TPSA) is 52.0 Å². The molecule has 0 atom stereocenters. The van der Waals surface area contributed by atoms with E-state index in [1.54, 1.807) is 0 Å². The van der Waals surface area contributed by atoms with Gasteiger partial charge in [0.2, 0.25) is 0 Å². The molecule has 0 aliphatic rings. The molecule has 2 aromatic carbocycles. The minimum Gasteiger partial charge on any atom is -0.398 e. The fourth-order valence-electron chi connectivity index (χ4n) is 3.32. The maximum absolute atomic E-state index is 6.41. The molecule has 2 nitrogen and oxygen atoms in total. The first-order chi connectivity index (χ1) is 11.8. The van der Waals surface area contributed by atoms with E-state index in [4.69, 9.17) is 11.5 Å². The lowest BCUT2D eigenvalue weighted by Gasteiger charge is -2.18. The number of hydrogen-bond donors (Lipinski definition) is 2. The van der Waals surface area contributed by atoms with E-state index in [1.165, 1.54) is 22.3 Å². The van der Waals surface area contributed by atoms with Crippen molar-refractivity contribution >= 4 is 43.2 Å². The SMILES string of the molecule is CCCc1cc(Cc2cc(CCC)c(C)c(Br)c2N)c(N)c(Br)c1C. The highest BCUT2D eigenvalue weighted by Gasteiger charge is 2.16. The third kappa shape index (κ3) is 4.22. The van der Waals surface area contributed by atoms with E-state index in [0.717, 1.165) is 63.6 Å². The summed E-state index contributed by atoms with van der Waals surface area (Å²) in [7, 11) is 0. The highest BCUT2D eigenvalue weighted by Crippen LogP contribution is 2.36. The van der Waals surface area contributed by atoms with Crippen LogP contribution in [0.2, 0.25) is 0 Å². The van der Waals surface area contributed by atoms with E-state index >= 15 is 0 Å². The molecule has 0 amide bonds. The summed E-state index contributed by atoms with van der Waals surface area (Å²) in [5.41, 5.74) is 22.0. The van der Waals surface area contributed by atoms with Crippen LogP contribution in [-0.2, 0) is 19.3 Å². The van der Waals surface area contributed by atoms with Crippen molar-refractivity contribution < 1.29 is 0 Å². The maximum Gasteiger partial charge on any atom is 0.0497 e. The zero-order valence-electron chi connectivity index (χ0n) is 15.6. The molecule has 2 aromatic rings. The van der Waals surface area contributed by atoms with Gasteiger partial charge < -0.3 is 11.5 Å². The van der Waals surface area contributed by atoms with Crippen molar-refractivity contribution in [2.75, 3.05) is 11.5 Å². The second kappa shape index (κ2) is 8.59. The predicted octanol–water partition coefficient (Wildman–Crippen LogP) is 6.49. The van der Waals surface area contributed by atoms with Gasteiger partial charge in [-0.3, -0.25) is 0 Å². The molecule has 0 aromatic heterocycles. The Bertz CT molecular complexity index is 717. The first-order valence-corrected chi connectivity index (χ1v) is 10.5. The van der Waals surface area contributed by atoms with Gasteiger partial charge >= 0.3 is 0 Å². The molecule has 0 spiro atoms. The van der Waals surface area contributed by atoms with Gasteiger partial charge in [0.15, 0.2) is 0 Å². The van der Waals surface area contributed by atoms with Gasteiger partial charge in [0, 0.05) is 26.7 Å². The van der Waals surface area contributed by atoms with E-state index in [1.807, 2.05) is 0 Å². The fraction of sp³-hybridized carbons (Fsp3) is 0.429. The van der Waals surface area contributed by atoms with Crippen LogP contribution in [0.5, 0.6) is 0 Å². The van der Waals surface area contributed by atoms with Crippen molar-refractivity contribution in [1.29, 1.82) is 0 Å². The molecule has 0 saturated carbocycles. The van der Waals surface area contributed by atoms with Crippen LogP contribution in [0.4, 0.5) is 11.4 Å². The van der Waals surface area contributed by atoms with Crippen molar-refractivity contribution in [3.63, 3.8) is 0 Å². The zero-order valence-corrected chi connectivity index (χ0v) is 18.8. The average Bonchev–Trinajstić information content (AvgIpc) is 2.59. The van der Waals surface area contributed by atoms with E-state index < -0.39 is 0 Å². The monoisotopic (exact) mass is 466 g/mol. The van der Waals surface area contributed by atoms with Crippen molar-refractivity contribution in [1.82, 2.24) is 0 Å². The van der Waals surface area contributed by atoms with E-state index in [-0.39, 0.29) is 0 Å². The Balaban J connectivity index is 2.53. The van der Waals surface area contributed by atoms with Gasteiger partial charge in [0.1, 0.15) is 0 Å². The highest BCUT2D eigenvalue weighted by molar-refractivity contribution is 9.11. The number of benzene rings is 2. The molecule has 0 heterocycles. The van der Waals surface area contributed by atoms with E-state index in [9.17, 15) is 0 Å². The summed E-state index contributed by atoms with van der Waals surface area (Å²) >= 11 is 7.37. The van der Waals surface area contributed by atoms with Gasteiger partial charge in [-0.2, -0.15) is 0 Å². The van der Waals surface area contributed by atoms with Crippen LogP contribution < -0.4 is 11.5 Å².